The number of ether oxygens (including phenoxy) is 3. The summed E-state index contributed by atoms with van der Waals surface area (Å²) in [5, 5.41) is 0. The van der Waals surface area contributed by atoms with Gasteiger partial charge < -0.3 is 14.2 Å². The molecular weight excluding hydrogens is 817 g/mol. The quantitative estimate of drug-likeness (QED) is 0.0262. The lowest BCUT2D eigenvalue weighted by Crippen LogP contribution is -2.30. The van der Waals surface area contributed by atoms with Gasteiger partial charge in [-0.15, -0.1) is 0 Å². The van der Waals surface area contributed by atoms with Crippen molar-refractivity contribution in [3.05, 3.63) is 72.9 Å². The maximum Gasteiger partial charge on any atom is 0.306 e. The predicted molar refractivity (Wildman–Crippen MR) is 284 cm³/mol. The van der Waals surface area contributed by atoms with E-state index in [2.05, 4.69) is 93.7 Å². The second-order valence-electron chi connectivity index (χ2n) is 18.5. The van der Waals surface area contributed by atoms with Gasteiger partial charge >= 0.3 is 17.9 Å². The zero-order valence-electron chi connectivity index (χ0n) is 43.4. The SMILES string of the molecule is CC/C=C\C/C=C\C/C=C\C/C=C\CCCCCCC(=O)OCC(COC(=O)CCCCCCC/C=C\C/C=C\CCCCC)OC(=O)CCCCCCCCCCCCCCCCCC. The lowest BCUT2D eigenvalue weighted by Gasteiger charge is -2.18. The Morgan fingerprint density at radius 3 is 0.955 bits per heavy atom. The highest BCUT2D eigenvalue weighted by molar-refractivity contribution is 5.71. The van der Waals surface area contributed by atoms with Crippen molar-refractivity contribution in [2.75, 3.05) is 13.2 Å². The third kappa shape index (κ3) is 51.8. The fourth-order valence-electron chi connectivity index (χ4n) is 7.76. The Kier molecular flexibility index (Phi) is 51.9. The number of carbonyl (C=O) groups excluding carboxylic acids is 3. The van der Waals surface area contributed by atoms with E-state index < -0.39 is 6.10 Å². The smallest absolute Gasteiger partial charge is 0.306 e. The van der Waals surface area contributed by atoms with E-state index in [1.165, 1.54) is 116 Å². The maximum absolute atomic E-state index is 12.8. The van der Waals surface area contributed by atoms with Gasteiger partial charge in [-0.3, -0.25) is 14.4 Å². The van der Waals surface area contributed by atoms with Gasteiger partial charge in [-0.05, 0) is 89.9 Å². The number of allylic oxidation sites excluding steroid dienone is 12. The van der Waals surface area contributed by atoms with Crippen LogP contribution < -0.4 is 0 Å². The van der Waals surface area contributed by atoms with E-state index in [4.69, 9.17) is 14.2 Å². The molecule has 0 aliphatic carbocycles. The average molecular weight is 921 g/mol. The Morgan fingerprint density at radius 1 is 0.318 bits per heavy atom. The van der Waals surface area contributed by atoms with E-state index in [9.17, 15) is 14.4 Å². The number of rotatable bonds is 50. The standard InChI is InChI=1S/C60H104O6/c1-4-7-10-13-16-19-22-25-28-30-33-35-38-41-44-47-50-53-59(62)65-56-57(55-64-58(61)52-49-46-43-40-37-34-31-27-24-21-18-15-12-9-6-3)66-60(63)54-51-48-45-42-39-36-32-29-26-23-20-17-14-11-8-5-2/h7,10,16,18-19,21,25,27-28,31,33,35,57H,4-6,8-9,11-15,17,20,22-24,26,29-30,32,34,36-56H2,1-3H3/b10-7-,19-16-,21-18-,28-25-,31-27-,35-33-. The van der Waals surface area contributed by atoms with Crippen LogP contribution in [0.15, 0.2) is 72.9 Å². The minimum atomic E-state index is -0.790. The molecule has 0 radical (unpaired) electrons. The minimum absolute atomic E-state index is 0.0889. The number of carbonyl (C=O) groups is 3. The highest BCUT2D eigenvalue weighted by Gasteiger charge is 2.19. The molecule has 0 aromatic heterocycles. The molecular formula is C60H104O6. The lowest BCUT2D eigenvalue weighted by molar-refractivity contribution is -0.167. The van der Waals surface area contributed by atoms with Crippen LogP contribution in [0, 0.1) is 0 Å². The van der Waals surface area contributed by atoms with Crippen LogP contribution in [0.3, 0.4) is 0 Å². The Morgan fingerprint density at radius 2 is 0.591 bits per heavy atom. The molecule has 0 rings (SSSR count). The van der Waals surface area contributed by atoms with Crippen molar-refractivity contribution < 1.29 is 28.6 Å². The summed E-state index contributed by atoms with van der Waals surface area (Å²) in [5.74, 6) is -0.917. The molecule has 0 saturated heterocycles. The second kappa shape index (κ2) is 54.5. The van der Waals surface area contributed by atoms with Crippen LogP contribution in [-0.4, -0.2) is 37.2 Å². The molecule has 0 heterocycles. The first-order chi connectivity index (χ1) is 32.5. The number of hydrogen-bond acceptors (Lipinski definition) is 6. The van der Waals surface area contributed by atoms with Crippen LogP contribution in [-0.2, 0) is 28.6 Å². The third-order valence-electron chi connectivity index (χ3n) is 11.9. The van der Waals surface area contributed by atoms with Crippen LogP contribution in [0.25, 0.3) is 0 Å². The molecule has 0 aliphatic heterocycles. The molecule has 380 valence electrons. The fraction of sp³-hybridized carbons (Fsp3) is 0.750. The van der Waals surface area contributed by atoms with E-state index in [0.29, 0.717) is 19.3 Å². The summed E-state index contributed by atoms with van der Waals surface area (Å²) >= 11 is 0. The average Bonchev–Trinajstić information content (AvgIpc) is 3.31. The number of esters is 3. The summed E-state index contributed by atoms with van der Waals surface area (Å²) in [4.78, 5) is 38.1. The number of unbranched alkanes of at least 4 members (excludes halogenated alkanes) is 27. The summed E-state index contributed by atoms with van der Waals surface area (Å²) < 4.78 is 16.8. The van der Waals surface area contributed by atoms with E-state index in [1.54, 1.807) is 0 Å². The molecule has 0 aromatic rings. The highest BCUT2D eigenvalue weighted by Crippen LogP contribution is 2.16. The zero-order valence-corrected chi connectivity index (χ0v) is 43.4. The Balaban J connectivity index is 4.43. The van der Waals surface area contributed by atoms with E-state index in [1.807, 2.05) is 0 Å². The van der Waals surface area contributed by atoms with Crippen molar-refractivity contribution in [1.82, 2.24) is 0 Å². The van der Waals surface area contributed by atoms with Crippen molar-refractivity contribution in [2.45, 2.75) is 277 Å². The van der Waals surface area contributed by atoms with Gasteiger partial charge in [-0.2, -0.15) is 0 Å². The van der Waals surface area contributed by atoms with Crippen LogP contribution in [0.5, 0.6) is 0 Å². The van der Waals surface area contributed by atoms with E-state index >= 15 is 0 Å². The molecule has 1 atom stereocenters. The molecule has 0 amide bonds. The van der Waals surface area contributed by atoms with Crippen LogP contribution in [0.2, 0.25) is 0 Å². The summed E-state index contributed by atoms with van der Waals surface area (Å²) in [5.41, 5.74) is 0. The maximum atomic E-state index is 12.8. The molecule has 0 spiro atoms. The van der Waals surface area contributed by atoms with Crippen molar-refractivity contribution in [3.63, 3.8) is 0 Å². The van der Waals surface area contributed by atoms with Crippen LogP contribution in [0.4, 0.5) is 0 Å². The summed E-state index contributed by atoms with van der Waals surface area (Å²) in [6.07, 6.45) is 68.8. The first kappa shape index (κ1) is 62.8. The highest BCUT2D eigenvalue weighted by atomic mass is 16.6. The van der Waals surface area contributed by atoms with Gasteiger partial charge in [0.1, 0.15) is 13.2 Å². The summed E-state index contributed by atoms with van der Waals surface area (Å²) in [6.45, 7) is 6.49. The fourth-order valence-corrected chi connectivity index (χ4v) is 7.76. The van der Waals surface area contributed by atoms with Crippen molar-refractivity contribution in [2.24, 2.45) is 0 Å². The molecule has 66 heavy (non-hydrogen) atoms. The first-order valence-corrected chi connectivity index (χ1v) is 27.9. The molecule has 0 aromatic carbocycles. The predicted octanol–water partition coefficient (Wildman–Crippen LogP) is 18.6. The van der Waals surface area contributed by atoms with Gasteiger partial charge in [-0.25, -0.2) is 0 Å². The first-order valence-electron chi connectivity index (χ1n) is 27.9. The Labute approximate surface area is 408 Å². The minimum Gasteiger partial charge on any atom is -0.462 e. The van der Waals surface area contributed by atoms with Gasteiger partial charge in [0.05, 0.1) is 0 Å². The summed E-state index contributed by atoms with van der Waals surface area (Å²) in [7, 11) is 0. The largest absolute Gasteiger partial charge is 0.462 e. The van der Waals surface area contributed by atoms with Gasteiger partial charge in [0.2, 0.25) is 0 Å². The van der Waals surface area contributed by atoms with E-state index in [-0.39, 0.29) is 31.1 Å². The van der Waals surface area contributed by atoms with Crippen molar-refractivity contribution in [1.29, 1.82) is 0 Å². The zero-order chi connectivity index (χ0) is 47.9. The normalized spacial score (nSPS) is 12.6. The third-order valence-corrected chi connectivity index (χ3v) is 11.9. The van der Waals surface area contributed by atoms with Gasteiger partial charge in [0.15, 0.2) is 6.10 Å². The molecule has 1 unspecified atom stereocenters. The molecule has 6 heteroatoms. The molecule has 0 bridgehead atoms. The monoisotopic (exact) mass is 921 g/mol. The van der Waals surface area contributed by atoms with Crippen LogP contribution in [0.1, 0.15) is 271 Å². The van der Waals surface area contributed by atoms with Gasteiger partial charge in [-0.1, -0.05) is 235 Å². The lowest BCUT2D eigenvalue weighted by atomic mass is 10.0. The second-order valence-corrected chi connectivity index (χ2v) is 18.5. The van der Waals surface area contributed by atoms with Gasteiger partial charge in [0, 0.05) is 19.3 Å². The van der Waals surface area contributed by atoms with Crippen LogP contribution >= 0.6 is 0 Å². The Hall–Kier alpha value is -3.15. The molecule has 0 aliphatic rings. The van der Waals surface area contributed by atoms with Crippen molar-refractivity contribution in [3.8, 4) is 0 Å². The molecule has 0 N–H and O–H groups in total. The van der Waals surface area contributed by atoms with E-state index in [0.717, 1.165) is 116 Å². The van der Waals surface area contributed by atoms with Gasteiger partial charge in [0.25, 0.3) is 0 Å². The Bertz CT molecular complexity index is 1240. The topological polar surface area (TPSA) is 78.9 Å². The molecule has 0 fully saturated rings. The molecule has 0 saturated carbocycles. The van der Waals surface area contributed by atoms with Crippen molar-refractivity contribution >= 4 is 17.9 Å². The number of hydrogen-bond donors (Lipinski definition) is 0. The summed E-state index contributed by atoms with van der Waals surface area (Å²) in [6, 6.07) is 0. The molecule has 6 nitrogen and oxygen atoms in total.